The molecule has 0 aromatic heterocycles. The zero-order valence-electron chi connectivity index (χ0n) is 16.2. The summed E-state index contributed by atoms with van der Waals surface area (Å²) in [4.78, 5) is 0. The Labute approximate surface area is 161 Å². The van der Waals surface area contributed by atoms with Gasteiger partial charge in [-0.05, 0) is 66.8 Å². The predicted octanol–water partition coefficient (Wildman–Crippen LogP) is 6.61. The Morgan fingerprint density at radius 1 is 0.889 bits per heavy atom. The first-order valence-corrected chi connectivity index (χ1v) is 9.90. The van der Waals surface area contributed by atoms with Crippen molar-refractivity contribution in [1.82, 2.24) is 0 Å². The second kappa shape index (κ2) is 9.16. The first-order chi connectivity index (χ1) is 13.1. The number of aryl methyl sites for hydroxylation is 2. The van der Waals surface area contributed by atoms with Gasteiger partial charge in [-0.15, -0.1) is 0 Å². The quantitative estimate of drug-likeness (QED) is 0.498. The zero-order chi connectivity index (χ0) is 19.2. The summed E-state index contributed by atoms with van der Waals surface area (Å²) in [7, 11) is 1.67. The SMILES string of the molecule is CCCc1ccc(CCC2C=CC(c3ccc(OC)cc3)CC2)c(F)c1F. The molecule has 1 aliphatic carbocycles. The number of allylic oxidation sites excluding steroid dienone is 2. The molecule has 2 atom stereocenters. The van der Waals surface area contributed by atoms with E-state index in [1.807, 2.05) is 19.1 Å². The molecule has 0 aliphatic heterocycles. The molecule has 0 N–H and O–H groups in total. The first kappa shape index (κ1) is 19.6. The molecule has 0 saturated carbocycles. The molecule has 3 heteroatoms. The largest absolute Gasteiger partial charge is 0.497 e. The van der Waals surface area contributed by atoms with Crippen molar-refractivity contribution in [2.75, 3.05) is 7.11 Å². The minimum Gasteiger partial charge on any atom is -0.497 e. The van der Waals surface area contributed by atoms with E-state index >= 15 is 0 Å². The monoisotopic (exact) mass is 370 g/mol. The molecule has 3 rings (SSSR count). The van der Waals surface area contributed by atoms with Crippen LogP contribution >= 0.6 is 0 Å². The van der Waals surface area contributed by atoms with Gasteiger partial charge in [-0.25, -0.2) is 8.78 Å². The van der Waals surface area contributed by atoms with E-state index in [-0.39, 0.29) is 0 Å². The summed E-state index contributed by atoms with van der Waals surface area (Å²) in [5.74, 6) is 0.410. The van der Waals surface area contributed by atoms with Crippen LogP contribution in [0.5, 0.6) is 5.75 Å². The molecule has 2 unspecified atom stereocenters. The van der Waals surface area contributed by atoms with Gasteiger partial charge in [0.15, 0.2) is 11.6 Å². The van der Waals surface area contributed by atoms with E-state index in [4.69, 9.17) is 4.74 Å². The van der Waals surface area contributed by atoms with Crippen LogP contribution in [0.4, 0.5) is 8.78 Å². The molecule has 0 spiro atoms. The molecule has 1 aliphatic rings. The van der Waals surface area contributed by atoms with Crippen molar-refractivity contribution < 1.29 is 13.5 Å². The lowest BCUT2D eigenvalue weighted by atomic mass is 9.82. The highest BCUT2D eigenvalue weighted by Crippen LogP contribution is 2.33. The van der Waals surface area contributed by atoms with Crippen molar-refractivity contribution in [2.24, 2.45) is 5.92 Å². The molecule has 27 heavy (non-hydrogen) atoms. The molecule has 1 nitrogen and oxygen atoms in total. The van der Waals surface area contributed by atoms with Gasteiger partial charge in [0, 0.05) is 5.92 Å². The molecule has 0 bridgehead atoms. The van der Waals surface area contributed by atoms with E-state index in [2.05, 4.69) is 24.3 Å². The van der Waals surface area contributed by atoms with Crippen LogP contribution in [0, 0.1) is 17.6 Å². The maximum absolute atomic E-state index is 14.3. The smallest absolute Gasteiger partial charge is 0.162 e. The van der Waals surface area contributed by atoms with Gasteiger partial charge in [0.2, 0.25) is 0 Å². The predicted molar refractivity (Wildman–Crippen MR) is 106 cm³/mol. The van der Waals surface area contributed by atoms with Crippen LogP contribution in [0.2, 0.25) is 0 Å². The Morgan fingerprint density at radius 3 is 2.11 bits per heavy atom. The van der Waals surface area contributed by atoms with Gasteiger partial charge in [0.1, 0.15) is 5.75 Å². The molecule has 0 fully saturated rings. The number of benzene rings is 2. The highest BCUT2D eigenvalue weighted by molar-refractivity contribution is 5.32. The lowest BCUT2D eigenvalue weighted by Gasteiger charge is -2.23. The van der Waals surface area contributed by atoms with E-state index in [0.29, 0.717) is 35.8 Å². The van der Waals surface area contributed by atoms with Gasteiger partial charge in [-0.2, -0.15) is 0 Å². The van der Waals surface area contributed by atoms with Crippen LogP contribution in [-0.4, -0.2) is 7.11 Å². The van der Waals surface area contributed by atoms with Crippen LogP contribution in [0.3, 0.4) is 0 Å². The third-order valence-electron chi connectivity index (χ3n) is 5.55. The van der Waals surface area contributed by atoms with Gasteiger partial charge in [0.05, 0.1) is 7.11 Å². The molecule has 0 radical (unpaired) electrons. The van der Waals surface area contributed by atoms with Crippen molar-refractivity contribution in [1.29, 1.82) is 0 Å². The maximum Gasteiger partial charge on any atom is 0.162 e. The third kappa shape index (κ3) is 4.77. The molecular formula is C24H28F2O. The van der Waals surface area contributed by atoms with Crippen molar-refractivity contribution in [3.8, 4) is 5.75 Å². The standard InChI is InChI=1S/C24H28F2O/c1-3-4-20-11-12-21(24(26)23(20)25)10-7-17-5-8-18(9-6-17)19-13-15-22(27-2)16-14-19/h5,8,11-18H,3-4,6-7,9-10H2,1-2H3. The van der Waals surface area contributed by atoms with Crippen LogP contribution in [0.25, 0.3) is 0 Å². The van der Waals surface area contributed by atoms with E-state index in [0.717, 1.165) is 31.4 Å². The Balaban J connectivity index is 1.58. The fraction of sp³-hybridized carbons (Fsp3) is 0.417. The summed E-state index contributed by atoms with van der Waals surface area (Å²) < 4.78 is 33.6. The minimum atomic E-state index is -0.659. The van der Waals surface area contributed by atoms with Gasteiger partial charge in [0.25, 0.3) is 0 Å². The lowest BCUT2D eigenvalue weighted by Crippen LogP contribution is -2.09. The van der Waals surface area contributed by atoms with E-state index in [1.54, 1.807) is 19.2 Å². The second-order valence-corrected chi connectivity index (χ2v) is 7.40. The van der Waals surface area contributed by atoms with Gasteiger partial charge in [-0.1, -0.05) is 49.8 Å². The normalized spacial score (nSPS) is 19.3. The molecule has 144 valence electrons. The highest BCUT2D eigenvalue weighted by atomic mass is 19.2. The van der Waals surface area contributed by atoms with Crippen LogP contribution < -0.4 is 4.74 Å². The Morgan fingerprint density at radius 2 is 1.56 bits per heavy atom. The van der Waals surface area contributed by atoms with Crippen LogP contribution in [0.1, 0.15) is 55.2 Å². The summed E-state index contributed by atoms with van der Waals surface area (Å²) in [5.41, 5.74) is 2.28. The molecule has 0 saturated heterocycles. The van der Waals surface area contributed by atoms with E-state index < -0.39 is 11.6 Å². The number of methoxy groups -OCH3 is 1. The Bertz CT molecular complexity index is 780. The maximum atomic E-state index is 14.3. The minimum absolute atomic E-state index is 0.426. The lowest BCUT2D eigenvalue weighted by molar-refractivity contribution is 0.414. The van der Waals surface area contributed by atoms with Crippen molar-refractivity contribution in [3.63, 3.8) is 0 Å². The average molecular weight is 370 g/mol. The average Bonchev–Trinajstić information content (AvgIpc) is 2.71. The van der Waals surface area contributed by atoms with Crippen molar-refractivity contribution >= 4 is 0 Å². The topological polar surface area (TPSA) is 9.23 Å². The number of rotatable bonds is 7. The summed E-state index contributed by atoms with van der Waals surface area (Å²) in [6.07, 6.45) is 9.51. The fourth-order valence-corrected chi connectivity index (χ4v) is 3.87. The Kier molecular flexibility index (Phi) is 6.65. The zero-order valence-corrected chi connectivity index (χ0v) is 16.2. The van der Waals surface area contributed by atoms with Crippen molar-refractivity contribution in [2.45, 2.75) is 51.4 Å². The molecule has 2 aromatic rings. The molecule has 2 aromatic carbocycles. The van der Waals surface area contributed by atoms with E-state index in [1.165, 1.54) is 5.56 Å². The number of hydrogen-bond acceptors (Lipinski definition) is 1. The fourth-order valence-electron chi connectivity index (χ4n) is 3.87. The summed E-state index contributed by atoms with van der Waals surface area (Å²) in [6, 6.07) is 11.7. The summed E-state index contributed by atoms with van der Waals surface area (Å²) in [5, 5.41) is 0. The summed E-state index contributed by atoms with van der Waals surface area (Å²) in [6.45, 7) is 1.97. The third-order valence-corrected chi connectivity index (χ3v) is 5.55. The number of hydrogen-bond donors (Lipinski definition) is 0. The van der Waals surface area contributed by atoms with Gasteiger partial charge < -0.3 is 4.74 Å². The molecule has 0 heterocycles. The highest BCUT2D eigenvalue weighted by Gasteiger charge is 2.19. The van der Waals surface area contributed by atoms with Crippen LogP contribution in [0.15, 0.2) is 48.6 Å². The van der Waals surface area contributed by atoms with Crippen molar-refractivity contribution in [3.05, 3.63) is 76.9 Å². The Hall–Kier alpha value is -2.16. The summed E-state index contributed by atoms with van der Waals surface area (Å²) >= 11 is 0. The number of ether oxygens (including phenoxy) is 1. The van der Waals surface area contributed by atoms with Gasteiger partial charge in [-0.3, -0.25) is 0 Å². The first-order valence-electron chi connectivity index (χ1n) is 9.90. The van der Waals surface area contributed by atoms with Crippen LogP contribution in [-0.2, 0) is 12.8 Å². The number of halogens is 2. The second-order valence-electron chi connectivity index (χ2n) is 7.40. The van der Waals surface area contributed by atoms with E-state index in [9.17, 15) is 8.78 Å². The molecular weight excluding hydrogens is 342 g/mol. The molecule has 0 amide bonds. The van der Waals surface area contributed by atoms with Gasteiger partial charge >= 0.3 is 0 Å².